The number of pyridine rings is 1. The Labute approximate surface area is 114 Å². The van der Waals surface area contributed by atoms with E-state index in [0.29, 0.717) is 11.0 Å². The number of aromatic nitrogens is 1. The molecule has 2 rings (SSSR count). The van der Waals surface area contributed by atoms with Gasteiger partial charge < -0.3 is 0 Å². The third-order valence-electron chi connectivity index (χ3n) is 2.59. The first kappa shape index (κ1) is 13.3. The highest BCUT2D eigenvalue weighted by atomic mass is 79.9. The first-order valence-electron chi connectivity index (χ1n) is 5.22. The van der Waals surface area contributed by atoms with Crippen molar-refractivity contribution in [1.82, 2.24) is 9.29 Å². The van der Waals surface area contributed by atoms with Crippen molar-refractivity contribution < 1.29 is 8.42 Å². The minimum absolute atomic E-state index is 0.0396. The van der Waals surface area contributed by atoms with Crippen molar-refractivity contribution in [3.63, 3.8) is 0 Å². The second-order valence-corrected chi connectivity index (χ2v) is 7.83. The van der Waals surface area contributed by atoms with E-state index in [9.17, 15) is 8.42 Å². The Kier molecular flexibility index (Phi) is 4.12. The largest absolute Gasteiger partial charge is 0.262 e. The normalized spacial score (nSPS) is 22.6. The molecule has 0 aromatic carbocycles. The van der Waals surface area contributed by atoms with E-state index in [1.165, 1.54) is 6.20 Å². The second-order valence-electron chi connectivity index (χ2n) is 3.88. The third kappa shape index (κ3) is 2.83. The minimum atomic E-state index is -3.41. The molecule has 1 aromatic rings. The Balaban J connectivity index is 2.35. The van der Waals surface area contributed by atoms with Gasteiger partial charge in [0.05, 0.1) is 0 Å². The van der Waals surface area contributed by atoms with Gasteiger partial charge in [-0.15, -0.1) is 0 Å². The number of sulfonamides is 1. The third-order valence-corrected chi connectivity index (χ3v) is 6.19. The number of rotatable bonds is 2. The maximum atomic E-state index is 12.4. The lowest BCUT2D eigenvalue weighted by molar-refractivity contribution is 0.367. The summed E-state index contributed by atoms with van der Waals surface area (Å²) < 4.78 is 27.1. The summed E-state index contributed by atoms with van der Waals surface area (Å²) in [5, 5.41) is 0. The molecule has 4 nitrogen and oxygen atoms in total. The smallest absolute Gasteiger partial charge is 0.244 e. The number of hydrogen-bond acceptors (Lipinski definition) is 4. The molecule has 1 fully saturated rings. The van der Waals surface area contributed by atoms with E-state index in [0.717, 1.165) is 11.5 Å². The quantitative estimate of drug-likeness (QED) is 0.828. The fourth-order valence-electron chi connectivity index (χ4n) is 1.74. The van der Waals surface area contributed by atoms with Crippen LogP contribution in [0.25, 0.3) is 0 Å². The predicted octanol–water partition coefficient (Wildman–Crippen LogP) is 1.97. The van der Waals surface area contributed by atoms with Crippen LogP contribution in [-0.2, 0) is 10.0 Å². The zero-order chi connectivity index (χ0) is 12.5. The highest BCUT2D eigenvalue weighted by Gasteiger charge is 2.31. The summed E-state index contributed by atoms with van der Waals surface area (Å²) in [6, 6.07) is 1.63. The van der Waals surface area contributed by atoms with Crippen LogP contribution in [0.2, 0.25) is 0 Å². The van der Waals surface area contributed by atoms with Gasteiger partial charge in [-0.05, 0) is 28.9 Å². The van der Waals surface area contributed by atoms with E-state index in [-0.39, 0.29) is 10.9 Å². The van der Waals surface area contributed by atoms with Crippen molar-refractivity contribution in [1.29, 1.82) is 0 Å². The Bertz CT molecular complexity index is 507. The van der Waals surface area contributed by atoms with Gasteiger partial charge >= 0.3 is 0 Å². The molecule has 1 unspecified atom stereocenters. The molecule has 94 valence electrons. The van der Waals surface area contributed by atoms with E-state index in [1.807, 2.05) is 6.92 Å². The number of nitrogens with zero attached hydrogens (tertiary/aromatic N) is 2. The topological polar surface area (TPSA) is 50.3 Å². The van der Waals surface area contributed by atoms with Crippen LogP contribution < -0.4 is 0 Å². The maximum absolute atomic E-state index is 12.4. The first-order valence-corrected chi connectivity index (χ1v) is 8.61. The summed E-state index contributed by atoms with van der Waals surface area (Å²) in [6.07, 6.45) is 2.98. The number of halogens is 1. The highest BCUT2D eigenvalue weighted by Crippen LogP contribution is 2.25. The van der Waals surface area contributed by atoms with E-state index >= 15 is 0 Å². The minimum Gasteiger partial charge on any atom is -0.262 e. The number of hydrogen-bond donors (Lipinski definition) is 0. The van der Waals surface area contributed by atoms with Crippen LogP contribution in [0.5, 0.6) is 0 Å². The van der Waals surface area contributed by atoms with Crippen LogP contribution in [0.1, 0.15) is 6.92 Å². The summed E-state index contributed by atoms with van der Waals surface area (Å²) in [7, 11) is -3.41. The van der Waals surface area contributed by atoms with Crippen LogP contribution in [0.3, 0.4) is 0 Å². The summed E-state index contributed by atoms with van der Waals surface area (Å²) in [6.45, 7) is 2.51. The lowest BCUT2D eigenvalue weighted by atomic mass is 10.4. The van der Waals surface area contributed by atoms with Gasteiger partial charge in [-0.25, -0.2) is 8.42 Å². The molecule has 0 bridgehead atoms. The predicted molar refractivity (Wildman–Crippen MR) is 72.6 cm³/mol. The van der Waals surface area contributed by atoms with Crippen molar-refractivity contribution >= 4 is 37.7 Å². The molecule has 1 aliphatic heterocycles. The van der Waals surface area contributed by atoms with Gasteiger partial charge in [0.15, 0.2) is 0 Å². The highest BCUT2D eigenvalue weighted by molar-refractivity contribution is 9.10. The molecule has 1 aliphatic rings. The Morgan fingerprint density at radius 3 is 2.94 bits per heavy atom. The molecule has 7 heteroatoms. The first-order chi connectivity index (χ1) is 8.01. The van der Waals surface area contributed by atoms with Crippen LogP contribution in [0, 0.1) is 0 Å². The van der Waals surface area contributed by atoms with Crippen molar-refractivity contribution in [3.05, 3.63) is 22.9 Å². The van der Waals surface area contributed by atoms with Gasteiger partial charge in [0.25, 0.3) is 0 Å². The van der Waals surface area contributed by atoms with E-state index in [2.05, 4.69) is 20.9 Å². The standard InChI is InChI=1S/C10H13BrN2O2S2/c1-8-7-16-3-2-13(8)17(14,15)10-4-9(11)5-12-6-10/h4-6,8H,2-3,7H2,1H3. The monoisotopic (exact) mass is 336 g/mol. The van der Waals surface area contributed by atoms with Gasteiger partial charge in [-0.3, -0.25) is 4.98 Å². The summed E-state index contributed by atoms with van der Waals surface area (Å²) in [4.78, 5) is 4.17. The van der Waals surface area contributed by atoms with Crippen molar-refractivity contribution in [2.75, 3.05) is 18.1 Å². The average Bonchev–Trinajstić information content (AvgIpc) is 2.29. The molecular formula is C10H13BrN2O2S2. The Hall–Kier alpha value is -0.110. The van der Waals surface area contributed by atoms with Gasteiger partial charge in [-0.1, -0.05) is 0 Å². The molecular weight excluding hydrogens is 324 g/mol. The SMILES string of the molecule is CC1CSCCN1S(=O)(=O)c1cncc(Br)c1. The van der Waals surface area contributed by atoms with Crippen LogP contribution in [0.4, 0.5) is 0 Å². The molecule has 0 radical (unpaired) electrons. The van der Waals surface area contributed by atoms with Crippen LogP contribution in [0.15, 0.2) is 27.8 Å². The van der Waals surface area contributed by atoms with Gasteiger partial charge in [0, 0.05) is 41.0 Å². The molecule has 1 atom stereocenters. The summed E-state index contributed by atoms with van der Waals surface area (Å²) >= 11 is 5.03. The van der Waals surface area contributed by atoms with Crippen molar-refractivity contribution in [3.8, 4) is 0 Å². The van der Waals surface area contributed by atoms with Gasteiger partial charge in [0.2, 0.25) is 10.0 Å². The Morgan fingerprint density at radius 2 is 2.29 bits per heavy atom. The molecule has 0 saturated carbocycles. The maximum Gasteiger partial charge on any atom is 0.244 e. The van der Waals surface area contributed by atoms with Crippen molar-refractivity contribution in [2.45, 2.75) is 17.9 Å². The van der Waals surface area contributed by atoms with Gasteiger partial charge in [-0.2, -0.15) is 16.1 Å². The summed E-state index contributed by atoms with van der Waals surface area (Å²) in [5.41, 5.74) is 0. The second kappa shape index (κ2) is 5.26. The molecule has 0 amide bonds. The summed E-state index contributed by atoms with van der Waals surface area (Å²) in [5.74, 6) is 1.70. The molecule has 1 saturated heterocycles. The molecule has 0 N–H and O–H groups in total. The molecule has 1 aromatic heterocycles. The Morgan fingerprint density at radius 1 is 1.53 bits per heavy atom. The zero-order valence-electron chi connectivity index (χ0n) is 9.34. The fourth-order valence-corrected chi connectivity index (χ4v) is 5.10. The molecule has 2 heterocycles. The lowest BCUT2D eigenvalue weighted by Gasteiger charge is -2.31. The van der Waals surface area contributed by atoms with Crippen molar-refractivity contribution in [2.24, 2.45) is 0 Å². The molecule has 17 heavy (non-hydrogen) atoms. The lowest BCUT2D eigenvalue weighted by Crippen LogP contribution is -2.44. The van der Waals surface area contributed by atoms with Crippen LogP contribution >= 0.6 is 27.7 Å². The molecule has 0 aliphatic carbocycles. The van der Waals surface area contributed by atoms with E-state index in [4.69, 9.17) is 0 Å². The zero-order valence-corrected chi connectivity index (χ0v) is 12.6. The average molecular weight is 337 g/mol. The number of thioether (sulfide) groups is 1. The van der Waals surface area contributed by atoms with E-state index < -0.39 is 10.0 Å². The van der Waals surface area contributed by atoms with Gasteiger partial charge in [0.1, 0.15) is 4.90 Å². The van der Waals surface area contributed by atoms with E-state index in [1.54, 1.807) is 28.3 Å². The van der Waals surface area contributed by atoms with Crippen LogP contribution in [-0.4, -0.2) is 41.8 Å². The molecule has 0 spiro atoms. The fraction of sp³-hybridized carbons (Fsp3) is 0.500.